The van der Waals surface area contributed by atoms with Gasteiger partial charge in [0.15, 0.2) is 0 Å². The lowest BCUT2D eigenvalue weighted by atomic mass is 9.85. The minimum atomic E-state index is -0.0118. The number of rotatable bonds is 10. The van der Waals surface area contributed by atoms with Gasteiger partial charge in [-0.2, -0.15) is 0 Å². The van der Waals surface area contributed by atoms with E-state index in [2.05, 4.69) is 24.2 Å². The molecule has 0 spiro atoms. The van der Waals surface area contributed by atoms with Crippen LogP contribution in [0.4, 0.5) is 0 Å². The molecule has 114 valence electrons. The highest BCUT2D eigenvalue weighted by Gasteiger charge is 2.41. The van der Waals surface area contributed by atoms with E-state index >= 15 is 0 Å². The summed E-state index contributed by atoms with van der Waals surface area (Å²) in [6.07, 6.45) is 5.88. The van der Waals surface area contributed by atoms with Gasteiger partial charge in [-0.1, -0.05) is 13.3 Å². The highest BCUT2D eigenvalue weighted by Crippen LogP contribution is 2.37. The Kier molecular flexibility index (Phi) is 7.91. The fourth-order valence-corrected chi connectivity index (χ4v) is 3.38. The Balaban J connectivity index is 2.34. The van der Waals surface area contributed by atoms with E-state index in [-0.39, 0.29) is 12.1 Å². The van der Waals surface area contributed by atoms with Crippen LogP contribution in [0.5, 0.6) is 0 Å². The number of methoxy groups -OCH3 is 1. The molecule has 0 radical (unpaired) electrons. The van der Waals surface area contributed by atoms with Gasteiger partial charge in [-0.3, -0.25) is 0 Å². The Morgan fingerprint density at radius 2 is 2.21 bits per heavy atom. The molecule has 1 aliphatic carbocycles. The molecule has 19 heavy (non-hydrogen) atoms. The van der Waals surface area contributed by atoms with E-state index in [0.29, 0.717) is 5.92 Å². The lowest BCUT2D eigenvalue weighted by Gasteiger charge is -2.35. The van der Waals surface area contributed by atoms with E-state index in [1.165, 1.54) is 19.3 Å². The number of aliphatic hydroxyl groups excluding tert-OH is 1. The van der Waals surface area contributed by atoms with Gasteiger partial charge < -0.3 is 20.1 Å². The summed E-state index contributed by atoms with van der Waals surface area (Å²) in [5.41, 5.74) is -0.0118. The maximum Gasteiger partial charge on any atom is 0.0616 e. The molecule has 1 fully saturated rings. The number of hydrogen-bond donors (Lipinski definition) is 2. The van der Waals surface area contributed by atoms with Gasteiger partial charge >= 0.3 is 0 Å². The van der Waals surface area contributed by atoms with Crippen LogP contribution in [0.15, 0.2) is 0 Å². The number of likely N-dealkylation sites (N-methyl/N-ethyl adjacent to an activating group) is 1. The third-order valence-electron chi connectivity index (χ3n) is 4.52. The molecule has 0 aliphatic heterocycles. The Morgan fingerprint density at radius 3 is 2.84 bits per heavy atom. The summed E-state index contributed by atoms with van der Waals surface area (Å²) in [7, 11) is 3.93. The first-order valence-corrected chi connectivity index (χ1v) is 7.72. The van der Waals surface area contributed by atoms with E-state index < -0.39 is 0 Å². The third-order valence-corrected chi connectivity index (χ3v) is 4.52. The fraction of sp³-hybridized carbons (Fsp3) is 1.00. The van der Waals surface area contributed by atoms with Crippen LogP contribution < -0.4 is 5.32 Å². The standard InChI is InChI=1S/C15H32N2O2/c1-4-16-15(13-18)9-5-7-14(15)8-11-17(2)10-6-12-19-3/h14,16,18H,4-13H2,1-3H3. The molecule has 0 aromatic carbocycles. The first kappa shape index (κ1) is 16.9. The molecule has 1 rings (SSSR count). The lowest BCUT2D eigenvalue weighted by molar-refractivity contribution is 0.113. The van der Waals surface area contributed by atoms with E-state index in [1.807, 2.05) is 0 Å². The van der Waals surface area contributed by atoms with Gasteiger partial charge in [-0.15, -0.1) is 0 Å². The summed E-state index contributed by atoms with van der Waals surface area (Å²) < 4.78 is 5.08. The first-order chi connectivity index (χ1) is 9.18. The number of ether oxygens (including phenoxy) is 1. The summed E-state index contributed by atoms with van der Waals surface area (Å²) in [4.78, 5) is 2.38. The zero-order chi connectivity index (χ0) is 14.1. The Hall–Kier alpha value is -0.160. The van der Waals surface area contributed by atoms with Crippen molar-refractivity contribution in [3.05, 3.63) is 0 Å². The quantitative estimate of drug-likeness (QED) is 0.591. The second kappa shape index (κ2) is 8.90. The molecule has 2 N–H and O–H groups in total. The predicted molar refractivity (Wildman–Crippen MR) is 79.4 cm³/mol. The van der Waals surface area contributed by atoms with Gasteiger partial charge in [0.05, 0.1) is 6.61 Å². The SMILES string of the molecule is CCNC1(CO)CCCC1CCN(C)CCCOC. The largest absolute Gasteiger partial charge is 0.394 e. The Bertz CT molecular complexity index is 238. The van der Waals surface area contributed by atoms with Gasteiger partial charge in [0.1, 0.15) is 0 Å². The van der Waals surface area contributed by atoms with Crippen LogP contribution in [-0.4, -0.2) is 62.6 Å². The normalized spacial score (nSPS) is 27.3. The molecule has 4 nitrogen and oxygen atoms in total. The average Bonchev–Trinajstić information content (AvgIpc) is 2.80. The third kappa shape index (κ3) is 5.03. The minimum absolute atomic E-state index is 0.0118. The van der Waals surface area contributed by atoms with E-state index in [4.69, 9.17) is 4.74 Å². The zero-order valence-corrected chi connectivity index (χ0v) is 13.0. The van der Waals surface area contributed by atoms with Crippen LogP contribution in [0.3, 0.4) is 0 Å². The van der Waals surface area contributed by atoms with Crippen molar-refractivity contribution in [2.24, 2.45) is 5.92 Å². The van der Waals surface area contributed by atoms with Crippen molar-refractivity contribution >= 4 is 0 Å². The zero-order valence-electron chi connectivity index (χ0n) is 13.0. The molecule has 2 atom stereocenters. The van der Waals surface area contributed by atoms with Crippen molar-refractivity contribution < 1.29 is 9.84 Å². The monoisotopic (exact) mass is 272 g/mol. The van der Waals surface area contributed by atoms with Crippen molar-refractivity contribution in [1.29, 1.82) is 0 Å². The number of nitrogens with one attached hydrogen (secondary N) is 1. The summed E-state index contributed by atoms with van der Waals surface area (Å²) in [6, 6.07) is 0. The molecule has 0 saturated heterocycles. The van der Waals surface area contributed by atoms with Crippen LogP contribution in [0, 0.1) is 5.92 Å². The summed E-state index contributed by atoms with van der Waals surface area (Å²) >= 11 is 0. The maximum absolute atomic E-state index is 9.76. The highest BCUT2D eigenvalue weighted by molar-refractivity contribution is 4.98. The van der Waals surface area contributed by atoms with Gasteiger partial charge in [0.2, 0.25) is 0 Å². The number of nitrogens with zero attached hydrogens (tertiary/aromatic N) is 1. The molecular formula is C15H32N2O2. The fourth-order valence-electron chi connectivity index (χ4n) is 3.38. The summed E-state index contributed by atoms with van der Waals surface area (Å²) in [5, 5.41) is 13.3. The van der Waals surface area contributed by atoms with E-state index in [1.54, 1.807) is 7.11 Å². The molecule has 4 heteroatoms. The van der Waals surface area contributed by atoms with Crippen LogP contribution in [-0.2, 0) is 4.74 Å². The topological polar surface area (TPSA) is 44.7 Å². The molecular weight excluding hydrogens is 240 g/mol. The van der Waals surface area contributed by atoms with Gasteiger partial charge in [0.25, 0.3) is 0 Å². The highest BCUT2D eigenvalue weighted by atomic mass is 16.5. The molecule has 0 aromatic heterocycles. The van der Waals surface area contributed by atoms with Crippen LogP contribution >= 0.6 is 0 Å². The molecule has 0 aromatic rings. The molecule has 0 amide bonds. The number of aliphatic hydroxyl groups is 1. The van der Waals surface area contributed by atoms with Crippen molar-refractivity contribution in [1.82, 2.24) is 10.2 Å². The van der Waals surface area contributed by atoms with Crippen LogP contribution in [0.2, 0.25) is 0 Å². The maximum atomic E-state index is 9.76. The predicted octanol–water partition coefficient (Wildman–Crippen LogP) is 1.49. The molecule has 0 bridgehead atoms. The second-order valence-electron chi connectivity index (χ2n) is 5.87. The second-order valence-corrected chi connectivity index (χ2v) is 5.87. The van der Waals surface area contributed by atoms with Crippen molar-refractivity contribution in [3.63, 3.8) is 0 Å². The van der Waals surface area contributed by atoms with Crippen molar-refractivity contribution in [3.8, 4) is 0 Å². The smallest absolute Gasteiger partial charge is 0.0616 e. The van der Waals surface area contributed by atoms with E-state index in [0.717, 1.165) is 39.1 Å². The van der Waals surface area contributed by atoms with Gasteiger partial charge in [-0.05, 0) is 51.7 Å². The van der Waals surface area contributed by atoms with Crippen LogP contribution in [0.25, 0.3) is 0 Å². The van der Waals surface area contributed by atoms with Crippen LogP contribution in [0.1, 0.15) is 39.0 Å². The van der Waals surface area contributed by atoms with Crippen molar-refractivity contribution in [2.75, 3.05) is 47.0 Å². The summed E-state index contributed by atoms with van der Waals surface area (Å²) in [5.74, 6) is 0.613. The lowest BCUT2D eigenvalue weighted by Crippen LogP contribution is -2.51. The molecule has 0 heterocycles. The Labute approximate surface area is 118 Å². The first-order valence-electron chi connectivity index (χ1n) is 7.72. The van der Waals surface area contributed by atoms with Gasteiger partial charge in [0, 0.05) is 25.8 Å². The molecule has 1 saturated carbocycles. The molecule has 2 unspecified atom stereocenters. The molecule has 1 aliphatic rings. The van der Waals surface area contributed by atoms with Gasteiger partial charge in [-0.25, -0.2) is 0 Å². The summed E-state index contributed by atoms with van der Waals surface area (Å²) in [6.45, 7) is 6.39. The number of hydrogen-bond acceptors (Lipinski definition) is 4. The average molecular weight is 272 g/mol. The Morgan fingerprint density at radius 1 is 1.42 bits per heavy atom. The minimum Gasteiger partial charge on any atom is -0.394 e. The van der Waals surface area contributed by atoms with E-state index in [9.17, 15) is 5.11 Å². The van der Waals surface area contributed by atoms with Crippen molar-refractivity contribution in [2.45, 2.75) is 44.6 Å².